The molecule has 0 amide bonds. The van der Waals surface area contributed by atoms with E-state index in [1.165, 1.54) is 24.2 Å². The van der Waals surface area contributed by atoms with Gasteiger partial charge in [0.15, 0.2) is 0 Å². The zero-order valence-corrected chi connectivity index (χ0v) is 12.5. The van der Waals surface area contributed by atoms with Crippen molar-refractivity contribution < 1.29 is 8.42 Å². The highest BCUT2D eigenvalue weighted by atomic mass is 32.2. The van der Waals surface area contributed by atoms with E-state index in [2.05, 4.69) is 10.0 Å². The Morgan fingerprint density at radius 2 is 1.95 bits per heavy atom. The smallest absolute Gasteiger partial charge is 0.262 e. The van der Waals surface area contributed by atoms with Gasteiger partial charge in [0.05, 0.1) is 4.90 Å². The number of anilines is 1. The van der Waals surface area contributed by atoms with Crippen LogP contribution in [0, 0.1) is 0 Å². The number of nitrogens with one attached hydrogen (secondary N) is 2. The van der Waals surface area contributed by atoms with E-state index in [1.807, 2.05) is 6.07 Å². The summed E-state index contributed by atoms with van der Waals surface area (Å²) in [4.78, 5) is 1.38. The van der Waals surface area contributed by atoms with Crippen LogP contribution in [0.1, 0.15) is 17.7 Å². The maximum Gasteiger partial charge on any atom is 0.262 e. The van der Waals surface area contributed by atoms with Crippen LogP contribution in [-0.4, -0.2) is 14.5 Å². The summed E-state index contributed by atoms with van der Waals surface area (Å²) >= 11 is 1.48. The quantitative estimate of drug-likeness (QED) is 0.863. The molecule has 3 rings (SSSR count). The van der Waals surface area contributed by atoms with Crippen molar-refractivity contribution in [2.75, 3.05) is 4.72 Å². The highest BCUT2D eigenvalue weighted by Crippen LogP contribution is 2.24. The normalized spacial score (nSPS) is 15.2. The van der Waals surface area contributed by atoms with Crippen LogP contribution in [0.5, 0.6) is 0 Å². The first kappa shape index (κ1) is 13.6. The minimum Gasteiger partial charge on any atom is -0.309 e. The summed E-state index contributed by atoms with van der Waals surface area (Å²) in [5, 5.41) is 5.07. The van der Waals surface area contributed by atoms with Gasteiger partial charge in [-0.05, 0) is 31.0 Å². The zero-order valence-electron chi connectivity index (χ0n) is 10.9. The summed E-state index contributed by atoms with van der Waals surface area (Å²) in [7, 11) is -3.48. The molecule has 20 heavy (non-hydrogen) atoms. The molecular weight excluding hydrogens is 292 g/mol. The van der Waals surface area contributed by atoms with Gasteiger partial charge in [-0.3, -0.25) is 4.72 Å². The van der Waals surface area contributed by atoms with Gasteiger partial charge in [-0.15, -0.1) is 11.3 Å². The van der Waals surface area contributed by atoms with Gasteiger partial charge in [0.1, 0.15) is 0 Å². The van der Waals surface area contributed by atoms with Gasteiger partial charge in [-0.25, -0.2) is 8.42 Å². The van der Waals surface area contributed by atoms with E-state index in [1.54, 1.807) is 35.7 Å². The molecular formula is C14H16N2O2S2. The molecule has 1 aliphatic rings. The fourth-order valence-corrected chi connectivity index (χ4v) is 4.13. The standard InChI is InChI=1S/C14H16N2O2S2/c17-20(18,16-12-4-2-1-3-5-12)14-8-13(19-10-14)9-15-11-6-7-11/h1-5,8,10-11,15-16H,6-7,9H2. The molecule has 106 valence electrons. The molecule has 4 nitrogen and oxygen atoms in total. The second kappa shape index (κ2) is 5.55. The predicted molar refractivity (Wildman–Crippen MR) is 81.4 cm³/mol. The van der Waals surface area contributed by atoms with Crippen LogP contribution in [0.4, 0.5) is 5.69 Å². The molecule has 0 unspecified atom stereocenters. The van der Waals surface area contributed by atoms with Gasteiger partial charge in [0.2, 0.25) is 0 Å². The first-order valence-electron chi connectivity index (χ1n) is 6.52. The van der Waals surface area contributed by atoms with E-state index in [4.69, 9.17) is 0 Å². The lowest BCUT2D eigenvalue weighted by molar-refractivity contribution is 0.601. The van der Waals surface area contributed by atoms with Crippen molar-refractivity contribution >= 4 is 27.0 Å². The number of sulfonamides is 1. The Balaban J connectivity index is 1.70. The van der Waals surface area contributed by atoms with Crippen LogP contribution in [0.25, 0.3) is 0 Å². The lowest BCUT2D eigenvalue weighted by Gasteiger charge is -2.05. The summed E-state index contributed by atoms with van der Waals surface area (Å²) < 4.78 is 27.1. The summed E-state index contributed by atoms with van der Waals surface area (Å²) in [5.74, 6) is 0. The summed E-state index contributed by atoms with van der Waals surface area (Å²) in [5.41, 5.74) is 0.580. The van der Waals surface area contributed by atoms with Gasteiger partial charge >= 0.3 is 0 Å². The lowest BCUT2D eigenvalue weighted by atomic mass is 10.3. The van der Waals surface area contributed by atoms with Crippen LogP contribution in [0.3, 0.4) is 0 Å². The third-order valence-electron chi connectivity index (χ3n) is 3.11. The van der Waals surface area contributed by atoms with Crippen molar-refractivity contribution in [3.05, 3.63) is 46.7 Å². The highest BCUT2D eigenvalue weighted by Gasteiger charge is 2.21. The molecule has 0 bridgehead atoms. The van der Waals surface area contributed by atoms with E-state index in [-0.39, 0.29) is 0 Å². The Kier molecular flexibility index (Phi) is 3.78. The van der Waals surface area contributed by atoms with Crippen molar-refractivity contribution in [2.24, 2.45) is 0 Å². The van der Waals surface area contributed by atoms with E-state index in [0.29, 0.717) is 16.6 Å². The van der Waals surface area contributed by atoms with Crippen molar-refractivity contribution in [3.8, 4) is 0 Å². The van der Waals surface area contributed by atoms with Gasteiger partial charge < -0.3 is 5.32 Å². The lowest BCUT2D eigenvalue weighted by Crippen LogP contribution is -2.14. The molecule has 0 spiro atoms. The third-order valence-corrected chi connectivity index (χ3v) is 5.55. The van der Waals surface area contributed by atoms with Crippen LogP contribution in [0.2, 0.25) is 0 Å². The Hall–Kier alpha value is -1.37. The molecule has 6 heteroatoms. The first-order chi connectivity index (χ1) is 9.63. The number of rotatable bonds is 6. The van der Waals surface area contributed by atoms with Crippen molar-refractivity contribution in [3.63, 3.8) is 0 Å². The molecule has 1 heterocycles. The molecule has 1 aliphatic carbocycles. The summed E-state index contributed by atoms with van der Waals surface area (Å²) in [6.07, 6.45) is 2.46. The molecule has 2 N–H and O–H groups in total. The molecule has 1 aromatic carbocycles. The molecule has 0 atom stereocenters. The highest BCUT2D eigenvalue weighted by molar-refractivity contribution is 7.92. The second-order valence-corrected chi connectivity index (χ2v) is 7.55. The predicted octanol–water partition coefficient (Wildman–Crippen LogP) is 2.80. The van der Waals surface area contributed by atoms with E-state index in [0.717, 1.165) is 11.4 Å². The number of thiophene rings is 1. The molecule has 1 aromatic heterocycles. The van der Waals surface area contributed by atoms with Crippen LogP contribution in [-0.2, 0) is 16.6 Å². The van der Waals surface area contributed by atoms with E-state index in [9.17, 15) is 8.42 Å². The van der Waals surface area contributed by atoms with Crippen molar-refractivity contribution in [1.29, 1.82) is 0 Å². The molecule has 2 aromatic rings. The van der Waals surface area contributed by atoms with Gasteiger partial charge in [-0.1, -0.05) is 18.2 Å². The maximum atomic E-state index is 12.2. The molecule has 1 fully saturated rings. The minimum atomic E-state index is -3.48. The number of para-hydroxylation sites is 1. The van der Waals surface area contributed by atoms with Crippen molar-refractivity contribution in [2.45, 2.75) is 30.3 Å². The first-order valence-corrected chi connectivity index (χ1v) is 8.88. The van der Waals surface area contributed by atoms with Gasteiger partial charge in [-0.2, -0.15) is 0 Å². The van der Waals surface area contributed by atoms with E-state index >= 15 is 0 Å². The van der Waals surface area contributed by atoms with Crippen LogP contribution >= 0.6 is 11.3 Å². The Bertz CT molecular complexity index is 676. The van der Waals surface area contributed by atoms with Gasteiger partial charge in [0.25, 0.3) is 10.0 Å². The Labute approximate surface area is 122 Å². The number of hydrogen-bond acceptors (Lipinski definition) is 4. The zero-order chi connectivity index (χ0) is 14.0. The molecule has 0 aliphatic heterocycles. The Morgan fingerprint density at radius 3 is 2.65 bits per heavy atom. The fourth-order valence-electron chi connectivity index (χ4n) is 1.85. The number of hydrogen-bond donors (Lipinski definition) is 2. The van der Waals surface area contributed by atoms with Crippen LogP contribution in [0.15, 0.2) is 46.7 Å². The minimum absolute atomic E-state index is 0.332. The fraction of sp³-hybridized carbons (Fsp3) is 0.286. The molecule has 0 saturated heterocycles. The van der Waals surface area contributed by atoms with Crippen molar-refractivity contribution in [1.82, 2.24) is 5.32 Å². The summed E-state index contributed by atoms with van der Waals surface area (Å²) in [6.45, 7) is 0.746. The molecule has 1 saturated carbocycles. The van der Waals surface area contributed by atoms with E-state index < -0.39 is 10.0 Å². The largest absolute Gasteiger partial charge is 0.309 e. The topological polar surface area (TPSA) is 58.2 Å². The summed E-state index contributed by atoms with van der Waals surface area (Å²) in [6, 6.07) is 11.3. The average molecular weight is 308 g/mol. The monoisotopic (exact) mass is 308 g/mol. The Morgan fingerprint density at radius 1 is 1.20 bits per heavy atom. The second-order valence-electron chi connectivity index (χ2n) is 4.88. The third kappa shape index (κ3) is 3.39. The van der Waals surface area contributed by atoms with Crippen LogP contribution < -0.4 is 10.0 Å². The maximum absolute atomic E-state index is 12.2. The molecule has 0 radical (unpaired) electrons. The number of benzene rings is 1. The van der Waals surface area contributed by atoms with Gasteiger partial charge in [0, 0.05) is 28.5 Å². The average Bonchev–Trinajstić information content (AvgIpc) is 3.13. The SMILES string of the molecule is O=S(=O)(Nc1ccccc1)c1csc(CNC2CC2)c1.